The average Bonchev–Trinajstić information content (AvgIpc) is 3.36. The van der Waals surface area contributed by atoms with Crippen LogP contribution in [0.5, 0.6) is 5.75 Å². The smallest absolute Gasteiger partial charge is 0.227 e. The van der Waals surface area contributed by atoms with Gasteiger partial charge in [-0.05, 0) is 19.1 Å². The number of carbonyl (C=O) groups excluding carboxylic acids is 1. The molecule has 0 radical (unpaired) electrons. The van der Waals surface area contributed by atoms with Crippen LogP contribution < -0.4 is 10.1 Å². The van der Waals surface area contributed by atoms with E-state index in [1.165, 1.54) is 0 Å². The Morgan fingerprint density at radius 1 is 1.38 bits per heavy atom. The van der Waals surface area contributed by atoms with Gasteiger partial charge in [0.25, 0.3) is 0 Å². The third kappa shape index (κ3) is 4.27. The molecule has 0 unspecified atom stereocenters. The SMILES string of the molecule is COc1ccccc1-c1noc(CCC(=O)NC[C@H](C)n2ccnc2)n1. The Kier molecular flexibility index (Phi) is 5.62. The molecule has 0 saturated heterocycles. The molecule has 0 bridgehead atoms. The van der Waals surface area contributed by atoms with Gasteiger partial charge in [-0.2, -0.15) is 4.98 Å². The van der Waals surface area contributed by atoms with Gasteiger partial charge < -0.3 is 19.1 Å². The van der Waals surface area contributed by atoms with Gasteiger partial charge in [0.2, 0.25) is 17.6 Å². The molecule has 1 aromatic carbocycles. The third-order valence-corrected chi connectivity index (χ3v) is 4.01. The summed E-state index contributed by atoms with van der Waals surface area (Å²) in [5, 5.41) is 6.87. The monoisotopic (exact) mass is 355 g/mol. The van der Waals surface area contributed by atoms with Crippen LogP contribution in [-0.2, 0) is 11.2 Å². The second-order valence-corrected chi connectivity index (χ2v) is 5.88. The van der Waals surface area contributed by atoms with Crippen molar-refractivity contribution in [3.8, 4) is 17.1 Å². The molecule has 2 heterocycles. The van der Waals surface area contributed by atoms with Crippen LogP contribution in [0, 0.1) is 0 Å². The number of rotatable bonds is 8. The van der Waals surface area contributed by atoms with Gasteiger partial charge in [-0.25, -0.2) is 4.98 Å². The van der Waals surface area contributed by atoms with Crippen molar-refractivity contribution >= 4 is 5.91 Å². The lowest BCUT2D eigenvalue weighted by atomic mass is 10.2. The molecule has 3 rings (SSSR count). The van der Waals surface area contributed by atoms with E-state index in [-0.39, 0.29) is 18.4 Å². The van der Waals surface area contributed by atoms with Crippen LogP contribution in [0.1, 0.15) is 25.3 Å². The maximum Gasteiger partial charge on any atom is 0.227 e. The summed E-state index contributed by atoms with van der Waals surface area (Å²) >= 11 is 0. The van der Waals surface area contributed by atoms with Crippen LogP contribution in [0.4, 0.5) is 0 Å². The van der Waals surface area contributed by atoms with Gasteiger partial charge in [0.15, 0.2) is 0 Å². The second-order valence-electron chi connectivity index (χ2n) is 5.88. The van der Waals surface area contributed by atoms with Crippen LogP contribution >= 0.6 is 0 Å². The first-order chi connectivity index (χ1) is 12.7. The van der Waals surface area contributed by atoms with E-state index in [0.717, 1.165) is 5.56 Å². The molecule has 0 aliphatic carbocycles. The molecule has 2 aromatic heterocycles. The highest BCUT2D eigenvalue weighted by atomic mass is 16.5. The van der Waals surface area contributed by atoms with Crippen molar-refractivity contribution in [2.24, 2.45) is 0 Å². The zero-order valence-electron chi connectivity index (χ0n) is 14.8. The first-order valence-electron chi connectivity index (χ1n) is 8.37. The van der Waals surface area contributed by atoms with Gasteiger partial charge in [-0.15, -0.1) is 0 Å². The number of ether oxygens (including phenoxy) is 1. The van der Waals surface area contributed by atoms with E-state index < -0.39 is 0 Å². The Hall–Kier alpha value is -3.16. The quantitative estimate of drug-likeness (QED) is 0.666. The molecule has 0 spiro atoms. The van der Waals surface area contributed by atoms with E-state index in [9.17, 15) is 4.79 Å². The van der Waals surface area contributed by atoms with Gasteiger partial charge in [0, 0.05) is 37.8 Å². The number of aryl methyl sites for hydroxylation is 1. The number of methoxy groups -OCH3 is 1. The Balaban J connectivity index is 1.51. The summed E-state index contributed by atoms with van der Waals surface area (Å²) < 4.78 is 12.5. The van der Waals surface area contributed by atoms with E-state index in [0.29, 0.717) is 30.4 Å². The Labute approximate surface area is 151 Å². The summed E-state index contributed by atoms with van der Waals surface area (Å²) in [6, 6.07) is 7.58. The van der Waals surface area contributed by atoms with Crippen molar-refractivity contribution in [3.63, 3.8) is 0 Å². The maximum absolute atomic E-state index is 12.0. The van der Waals surface area contributed by atoms with E-state index in [2.05, 4.69) is 20.4 Å². The zero-order valence-corrected chi connectivity index (χ0v) is 14.8. The molecule has 1 N–H and O–H groups in total. The highest BCUT2D eigenvalue weighted by molar-refractivity contribution is 5.76. The average molecular weight is 355 g/mol. The lowest BCUT2D eigenvalue weighted by Crippen LogP contribution is -2.29. The largest absolute Gasteiger partial charge is 0.496 e. The topological polar surface area (TPSA) is 95.1 Å². The molecule has 0 aliphatic heterocycles. The van der Waals surface area contributed by atoms with Crippen molar-refractivity contribution in [1.82, 2.24) is 25.0 Å². The van der Waals surface area contributed by atoms with Gasteiger partial charge in [-0.1, -0.05) is 17.3 Å². The number of nitrogens with zero attached hydrogens (tertiary/aromatic N) is 4. The van der Waals surface area contributed by atoms with Crippen molar-refractivity contribution in [2.45, 2.75) is 25.8 Å². The van der Waals surface area contributed by atoms with Gasteiger partial charge >= 0.3 is 0 Å². The molecule has 1 amide bonds. The fourth-order valence-corrected chi connectivity index (χ4v) is 2.50. The number of amides is 1. The lowest BCUT2D eigenvalue weighted by Gasteiger charge is -2.13. The number of benzene rings is 1. The highest BCUT2D eigenvalue weighted by Gasteiger charge is 2.14. The van der Waals surface area contributed by atoms with E-state index in [4.69, 9.17) is 9.26 Å². The summed E-state index contributed by atoms with van der Waals surface area (Å²) in [6.45, 7) is 2.55. The fraction of sp³-hybridized carbons (Fsp3) is 0.333. The van der Waals surface area contributed by atoms with Crippen LogP contribution in [-0.4, -0.2) is 39.3 Å². The Morgan fingerprint density at radius 3 is 3.00 bits per heavy atom. The number of hydrogen-bond acceptors (Lipinski definition) is 6. The summed E-state index contributed by atoms with van der Waals surface area (Å²) in [7, 11) is 1.59. The molecule has 0 saturated carbocycles. The summed E-state index contributed by atoms with van der Waals surface area (Å²) in [6.07, 6.45) is 5.98. The summed E-state index contributed by atoms with van der Waals surface area (Å²) in [5.74, 6) is 1.48. The molecule has 0 aliphatic rings. The van der Waals surface area contributed by atoms with Crippen molar-refractivity contribution in [1.29, 1.82) is 0 Å². The molecule has 8 nitrogen and oxygen atoms in total. The molecule has 136 valence electrons. The molecule has 3 aromatic rings. The second kappa shape index (κ2) is 8.28. The summed E-state index contributed by atoms with van der Waals surface area (Å²) in [4.78, 5) is 20.4. The van der Waals surface area contributed by atoms with Crippen molar-refractivity contribution in [2.75, 3.05) is 13.7 Å². The Morgan fingerprint density at radius 2 is 2.23 bits per heavy atom. The number of imidazole rings is 1. The minimum Gasteiger partial charge on any atom is -0.496 e. The maximum atomic E-state index is 12.0. The first kappa shape index (κ1) is 17.7. The van der Waals surface area contributed by atoms with Crippen LogP contribution in [0.3, 0.4) is 0 Å². The normalized spacial score (nSPS) is 11.9. The molecular weight excluding hydrogens is 334 g/mol. The fourth-order valence-electron chi connectivity index (χ4n) is 2.50. The number of para-hydroxylation sites is 1. The minimum atomic E-state index is -0.0611. The highest BCUT2D eigenvalue weighted by Crippen LogP contribution is 2.27. The molecule has 1 atom stereocenters. The minimum absolute atomic E-state index is 0.0611. The van der Waals surface area contributed by atoms with Gasteiger partial charge in [0.05, 0.1) is 19.0 Å². The van der Waals surface area contributed by atoms with Crippen LogP contribution in [0.15, 0.2) is 47.5 Å². The molecular formula is C18H21N5O3. The standard InChI is InChI=1S/C18H21N5O3/c1-13(23-10-9-19-12-23)11-20-16(24)7-8-17-21-18(22-26-17)14-5-3-4-6-15(14)25-2/h3-6,9-10,12-13H,7-8,11H2,1-2H3,(H,20,24)/t13-/m0/s1. The number of aromatic nitrogens is 4. The Bertz CT molecular complexity index is 844. The first-order valence-corrected chi connectivity index (χ1v) is 8.37. The van der Waals surface area contributed by atoms with Gasteiger partial charge in [-0.3, -0.25) is 4.79 Å². The van der Waals surface area contributed by atoms with E-state index in [1.807, 2.05) is 42.0 Å². The van der Waals surface area contributed by atoms with E-state index >= 15 is 0 Å². The number of nitrogens with one attached hydrogen (secondary N) is 1. The predicted molar refractivity (Wildman–Crippen MR) is 94.6 cm³/mol. The number of hydrogen-bond donors (Lipinski definition) is 1. The molecule has 0 fully saturated rings. The van der Waals surface area contributed by atoms with Crippen LogP contribution in [0.25, 0.3) is 11.4 Å². The van der Waals surface area contributed by atoms with Crippen molar-refractivity contribution < 1.29 is 14.1 Å². The zero-order chi connectivity index (χ0) is 18.4. The van der Waals surface area contributed by atoms with Crippen LogP contribution in [0.2, 0.25) is 0 Å². The lowest BCUT2D eigenvalue weighted by molar-refractivity contribution is -0.121. The predicted octanol–water partition coefficient (Wildman–Crippen LogP) is 2.25. The summed E-state index contributed by atoms with van der Waals surface area (Å²) in [5.41, 5.74) is 0.753. The van der Waals surface area contributed by atoms with Gasteiger partial charge in [0.1, 0.15) is 5.75 Å². The molecule has 8 heteroatoms. The third-order valence-electron chi connectivity index (χ3n) is 4.01. The van der Waals surface area contributed by atoms with Crippen molar-refractivity contribution in [3.05, 3.63) is 48.9 Å². The molecule has 26 heavy (non-hydrogen) atoms. The van der Waals surface area contributed by atoms with E-state index in [1.54, 1.807) is 19.6 Å². The number of carbonyl (C=O) groups is 1.